The second-order valence-electron chi connectivity index (χ2n) is 8.20. The predicted molar refractivity (Wildman–Crippen MR) is 132 cm³/mol. The molecule has 0 spiro atoms. The van der Waals surface area contributed by atoms with Crippen LogP contribution in [0.25, 0.3) is 0 Å². The number of hydrogen-bond donors (Lipinski definition) is 1. The fourth-order valence-electron chi connectivity index (χ4n) is 4.48. The molecule has 0 radical (unpaired) electrons. The van der Waals surface area contributed by atoms with Crippen LogP contribution in [0.15, 0.2) is 59.1 Å². The van der Waals surface area contributed by atoms with E-state index < -0.39 is 5.92 Å². The molecule has 0 saturated heterocycles. The van der Waals surface area contributed by atoms with E-state index >= 15 is 0 Å². The lowest BCUT2D eigenvalue weighted by molar-refractivity contribution is -0.116. The van der Waals surface area contributed by atoms with Gasteiger partial charge in [0.05, 0.1) is 24.2 Å². The zero-order valence-corrected chi connectivity index (χ0v) is 20.5. The maximum absolute atomic E-state index is 13.0. The number of nitrogens with two attached hydrogens (primary N) is 1. The Morgan fingerprint density at radius 3 is 2.65 bits per heavy atom. The van der Waals surface area contributed by atoms with Gasteiger partial charge in [0.25, 0.3) is 0 Å². The molecule has 1 heterocycles. The second-order valence-corrected chi connectivity index (χ2v) is 9.05. The van der Waals surface area contributed by atoms with Crippen molar-refractivity contribution in [3.05, 3.63) is 80.2 Å². The van der Waals surface area contributed by atoms with Crippen molar-refractivity contribution >= 4 is 29.0 Å². The van der Waals surface area contributed by atoms with Gasteiger partial charge in [0.15, 0.2) is 17.3 Å². The number of carbonyl (C=O) groups is 1. The molecule has 2 N–H and O–H groups in total. The number of carbonyl (C=O) groups excluding carboxylic acids is 1. The van der Waals surface area contributed by atoms with E-state index in [1.807, 2.05) is 25.1 Å². The van der Waals surface area contributed by atoms with Crippen LogP contribution in [0, 0.1) is 11.3 Å². The predicted octanol–water partition coefficient (Wildman–Crippen LogP) is 5.70. The molecule has 176 valence electrons. The summed E-state index contributed by atoms with van der Waals surface area (Å²) in [4.78, 5) is 14.8. The van der Waals surface area contributed by atoms with Crippen molar-refractivity contribution in [1.82, 2.24) is 4.90 Å². The summed E-state index contributed by atoms with van der Waals surface area (Å²) in [6, 6.07) is 13.0. The summed E-state index contributed by atoms with van der Waals surface area (Å²) in [6.45, 7) is 2.53. The first-order valence-electron chi connectivity index (χ1n) is 11.1. The number of hydrogen-bond acceptors (Lipinski definition) is 6. The van der Waals surface area contributed by atoms with Crippen molar-refractivity contribution in [2.45, 2.75) is 38.7 Å². The van der Waals surface area contributed by atoms with E-state index in [0.29, 0.717) is 51.5 Å². The summed E-state index contributed by atoms with van der Waals surface area (Å²) in [5, 5.41) is 11.0. The van der Waals surface area contributed by atoms with Crippen molar-refractivity contribution in [2.24, 2.45) is 5.73 Å². The van der Waals surface area contributed by atoms with Crippen LogP contribution in [0.3, 0.4) is 0 Å². The molecule has 0 unspecified atom stereocenters. The minimum Gasteiger partial charge on any atom is -0.490 e. The number of benzene rings is 2. The molecule has 4 rings (SSSR count). The van der Waals surface area contributed by atoms with Gasteiger partial charge in [0.2, 0.25) is 0 Å². The number of halogens is 2. The summed E-state index contributed by atoms with van der Waals surface area (Å²) in [7, 11) is 1.81. The molecule has 6 nitrogen and oxygen atoms in total. The van der Waals surface area contributed by atoms with Gasteiger partial charge in [-0.2, -0.15) is 5.26 Å². The molecule has 1 aliphatic carbocycles. The van der Waals surface area contributed by atoms with E-state index in [1.165, 1.54) is 0 Å². The third kappa shape index (κ3) is 4.46. The molecule has 34 heavy (non-hydrogen) atoms. The summed E-state index contributed by atoms with van der Waals surface area (Å²) in [6.07, 6.45) is 1.98. The quantitative estimate of drug-likeness (QED) is 0.550. The average Bonchev–Trinajstić information content (AvgIpc) is 2.82. The average molecular weight is 498 g/mol. The van der Waals surface area contributed by atoms with E-state index in [1.54, 1.807) is 30.1 Å². The van der Waals surface area contributed by atoms with Gasteiger partial charge in [-0.25, -0.2) is 0 Å². The number of nitriles is 1. The lowest BCUT2D eigenvalue weighted by Gasteiger charge is -2.37. The maximum atomic E-state index is 13.0. The highest BCUT2D eigenvalue weighted by atomic mass is 35.5. The van der Waals surface area contributed by atoms with E-state index in [9.17, 15) is 10.1 Å². The molecule has 0 amide bonds. The van der Waals surface area contributed by atoms with Gasteiger partial charge in [-0.05, 0) is 49.6 Å². The minimum absolute atomic E-state index is 0.0500. The smallest absolute Gasteiger partial charge is 0.161 e. The lowest BCUT2D eigenvalue weighted by atomic mass is 9.76. The fourth-order valence-corrected chi connectivity index (χ4v) is 4.95. The van der Waals surface area contributed by atoms with Crippen molar-refractivity contribution < 1.29 is 14.3 Å². The maximum Gasteiger partial charge on any atom is 0.161 e. The van der Waals surface area contributed by atoms with E-state index in [2.05, 4.69) is 6.07 Å². The Kier molecular flexibility index (Phi) is 7.06. The van der Waals surface area contributed by atoms with Crippen molar-refractivity contribution in [3.63, 3.8) is 0 Å². The second kappa shape index (κ2) is 10.0. The molecule has 0 aromatic heterocycles. The Hall–Kier alpha value is -3.14. The standard InChI is InChI=1S/C26H25Cl2N3O3/c1-3-33-23-11-15(8-10-22(23)34-14-16-7-9-17(27)12-19(16)28)24-18(13-29)26(30)31(2)20-5-4-6-21(32)25(20)24/h7-12,24H,3-6,14,30H2,1-2H3/t24-/m1/s1. The van der Waals surface area contributed by atoms with Crippen LogP contribution in [-0.2, 0) is 11.4 Å². The molecule has 2 aromatic carbocycles. The van der Waals surface area contributed by atoms with Crippen LogP contribution in [0.1, 0.15) is 43.2 Å². The van der Waals surface area contributed by atoms with Crippen molar-refractivity contribution in [3.8, 4) is 17.6 Å². The first-order chi connectivity index (χ1) is 16.3. The third-order valence-corrected chi connectivity index (χ3v) is 6.75. The Balaban J connectivity index is 1.72. The molecular weight excluding hydrogens is 473 g/mol. The van der Waals surface area contributed by atoms with Crippen molar-refractivity contribution in [2.75, 3.05) is 13.7 Å². The van der Waals surface area contributed by atoms with E-state index in [0.717, 1.165) is 29.7 Å². The zero-order valence-electron chi connectivity index (χ0n) is 19.0. The number of nitrogens with zero attached hydrogens (tertiary/aromatic N) is 2. The molecule has 0 saturated carbocycles. The highest BCUT2D eigenvalue weighted by molar-refractivity contribution is 6.35. The Bertz CT molecular complexity index is 1250. The molecule has 8 heteroatoms. The Morgan fingerprint density at radius 1 is 1.15 bits per heavy atom. The van der Waals surface area contributed by atoms with Crippen LogP contribution in [0.5, 0.6) is 11.5 Å². The van der Waals surface area contributed by atoms with Gasteiger partial charge in [-0.15, -0.1) is 0 Å². The largest absolute Gasteiger partial charge is 0.490 e. The van der Waals surface area contributed by atoms with Gasteiger partial charge in [0.1, 0.15) is 12.4 Å². The zero-order chi connectivity index (χ0) is 24.4. The fraction of sp³-hybridized carbons (Fsp3) is 0.308. The molecule has 0 fully saturated rings. The monoisotopic (exact) mass is 497 g/mol. The normalized spacial score (nSPS) is 18.0. The van der Waals surface area contributed by atoms with Gasteiger partial charge < -0.3 is 20.1 Å². The minimum atomic E-state index is -0.539. The summed E-state index contributed by atoms with van der Waals surface area (Å²) >= 11 is 12.3. The first kappa shape index (κ1) is 24.0. The van der Waals surface area contributed by atoms with Gasteiger partial charge in [-0.3, -0.25) is 4.79 Å². The van der Waals surface area contributed by atoms with Crippen LogP contribution in [0.4, 0.5) is 0 Å². The van der Waals surface area contributed by atoms with Gasteiger partial charge >= 0.3 is 0 Å². The number of ether oxygens (including phenoxy) is 2. The number of allylic oxidation sites excluding steroid dienone is 3. The topological polar surface area (TPSA) is 88.6 Å². The molecule has 1 aliphatic heterocycles. The van der Waals surface area contributed by atoms with Crippen LogP contribution >= 0.6 is 23.2 Å². The van der Waals surface area contributed by atoms with E-state index in [-0.39, 0.29) is 12.4 Å². The first-order valence-corrected chi connectivity index (χ1v) is 11.8. The highest BCUT2D eigenvalue weighted by Gasteiger charge is 2.38. The molecule has 0 bridgehead atoms. The summed E-state index contributed by atoms with van der Waals surface area (Å²) in [5.41, 5.74) is 9.77. The number of Topliss-reactive ketones (excluding diaryl/α,β-unsaturated/α-hetero) is 1. The van der Waals surface area contributed by atoms with Crippen molar-refractivity contribution in [1.29, 1.82) is 5.26 Å². The summed E-state index contributed by atoms with van der Waals surface area (Å²) < 4.78 is 11.9. The Labute approximate surface area is 209 Å². The highest BCUT2D eigenvalue weighted by Crippen LogP contribution is 2.45. The number of ketones is 1. The van der Waals surface area contributed by atoms with Crippen LogP contribution in [0.2, 0.25) is 10.0 Å². The summed E-state index contributed by atoms with van der Waals surface area (Å²) in [5.74, 6) is 0.933. The Morgan fingerprint density at radius 2 is 1.94 bits per heavy atom. The SMILES string of the molecule is CCOc1cc([C@@H]2C(C#N)=C(N)N(C)C3=C2C(=O)CCC3)ccc1OCc1ccc(Cl)cc1Cl. The van der Waals surface area contributed by atoms with Crippen LogP contribution < -0.4 is 15.2 Å². The molecule has 2 aromatic rings. The third-order valence-electron chi connectivity index (χ3n) is 6.17. The molecule has 2 aliphatic rings. The van der Waals surface area contributed by atoms with Gasteiger partial charge in [0, 0.05) is 40.3 Å². The van der Waals surface area contributed by atoms with E-state index in [4.69, 9.17) is 38.4 Å². The number of rotatable bonds is 6. The van der Waals surface area contributed by atoms with Crippen LogP contribution in [-0.4, -0.2) is 24.3 Å². The molecular formula is C26H25Cl2N3O3. The van der Waals surface area contributed by atoms with Gasteiger partial charge in [-0.1, -0.05) is 35.3 Å². The molecule has 1 atom stereocenters. The lowest BCUT2D eigenvalue weighted by Crippen LogP contribution is -2.36.